The van der Waals surface area contributed by atoms with Crippen LogP contribution in [0.15, 0.2) is 0 Å². The van der Waals surface area contributed by atoms with E-state index in [0.29, 0.717) is 0 Å². The Hall–Kier alpha value is -0.120. The topological polar surface area (TPSA) is 18.5 Å². The maximum Gasteiger partial charge on any atom is 0.130 e. The number of hydrogen-bond acceptors (Lipinski definition) is 2. The maximum atomic E-state index is 5.72. The Balaban J connectivity index is 2.32. The second-order valence-corrected chi connectivity index (χ2v) is 4.58. The molecular formula is C9H20NO2+. The maximum absolute atomic E-state index is 5.72. The molecule has 0 saturated carbocycles. The van der Waals surface area contributed by atoms with Crippen LogP contribution in [0.5, 0.6) is 0 Å². The van der Waals surface area contributed by atoms with E-state index in [-0.39, 0.29) is 12.2 Å². The first kappa shape index (κ1) is 9.96. The Morgan fingerprint density at radius 2 is 1.92 bits per heavy atom. The van der Waals surface area contributed by atoms with Gasteiger partial charge in [0.2, 0.25) is 0 Å². The molecule has 0 aromatic heterocycles. The summed E-state index contributed by atoms with van der Waals surface area (Å²) in [6, 6.07) is 0. The van der Waals surface area contributed by atoms with E-state index in [0.717, 1.165) is 24.2 Å². The largest absolute Gasteiger partial charge is 0.376 e. The van der Waals surface area contributed by atoms with Gasteiger partial charge in [-0.1, -0.05) is 0 Å². The van der Waals surface area contributed by atoms with Crippen LogP contribution >= 0.6 is 0 Å². The number of hydrogen-bond donors (Lipinski definition) is 0. The van der Waals surface area contributed by atoms with Crippen molar-refractivity contribution in [3.63, 3.8) is 0 Å². The van der Waals surface area contributed by atoms with Crippen LogP contribution < -0.4 is 0 Å². The van der Waals surface area contributed by atoms with Gasteiger partial charge in [-0.3, -0.25) is 0 Å². The Bertz CT molecular complexity index is 142. The summed E-state index contributed by atoms with van der Waals surface area (Å²) in [6.07, 6.45) is 0.532. The summed E-state index contributed by atoms with van der Waals surface area (Å²) in [5.41, 5.74) is 0. The van der Waals surface area contributed by atoms with Gasteiger partial charge in [0.1, 0.15) is 12.6 Å². The van der Waals surface area contributed by atoms with Crippen LogP contribution in [0.3, 0.4) is 0 Å². The van der Waals surface area contributed by atoms with Crippen LogP contribution in [-0.2, 0) is 9.47 Å². The molecule has 2 atom stereocenters. The molecular weight excluding hydrogens is 154 g/mol. The van der Waals surface area contributed by atoms with E-state index in [4.69, 9.17) is 9.47 Å². The normalized spacial score (nSPS) is 32.0. The highest BCUT2D eigenvalue weighted by Gasteiger charge is 2.24. The third-order valence-electron chi connectivity index (χ3n) is 1.83. The fraction of sp³-hybridized carbons (Fsp3) is 1.00. The zero-order valence-corrected chi connectivity index (χ0v) is 8.54. The molecule has 0 aromatic carbocycles. The summed E-state index contributed by atoms with van der Waals surface area (Å²) in [5, 5.41) is 0. The monoisotopic (exact) mass is 174 g/mol. The van der Waals surface area contributed by atoms with Crippen molar-refractivity contribution in [2.45, 2.75) is 19.1 Å². The molecule has 3 nitrogen and oxygen atoms in total. The molecule has 0 radical (unpaired) electrons. The Kier molecular flexibility index (Phi) is 3.09. The summed E-state index contributed by atoms with van der Waals surface area (Å²) in [5.74, 6) is 0. The number of rotatable bonds is 2. The number of ether oxygens (including phenoxy) is 2. The molecule has 12 heavy (non-hydrogen) atoms. The zero-order chi connectivity index (χ0) is 9.19. The molecule has 0 aliphatic carbocycles. The molecule has 1 heterocycles. The summed E-state index contributed by atoms with van der Waals surface area (Å²) < 4.78 is 12.1. The molecule has 1 rings (SSSR count). The van der Waals surface area contributed by atoms with Crippen molar-refractivity contribution in [2.24, 2.45) is 0 Å². The van der Waals surface area contributed by atoms with Crippen LogP contribution in [0.1, 0.15) is 6.92 Å². The molecule has 0 spiro atoms. The third kappa shape index (κ3) is 3.52. The Morgan fingerprint density at radius 1 is 1.25 bits per heavy atom. The van der Waals surface area contributed by atoms with Gasteiger partial charge in [-0.25, -0.2) is 0 Å². The van der Waals surface area contributed by atoms with Crippen molar-refractivity contribution in [3.05, 3.63) is 0 Å². The minimum atomic E-state index is 0.260. The van der Waals surface area contributed by atoms with E-state index in [1.807, 2.05) is 0 Å². The minimum absolute atomic E-state index is 0.260. The molecule has 0 amide bonds. The third-order valence-corrected chi connectivity index (χ3v) is 1.83. The lowest BCUT2D eigenvalue weighted by Crippen LogP contribution is -2.47. The molecule has 3 heteroatoms. The van der Waals surface area contributed by atoms with Gasteiger partial charge in [0.15, 0.2) is 0 Å². The van der Waals surface area contributed by atoms with Crippen LogP contribution in [0.4, 0.5) is 0 Å². The fourth-order valence-electron chi connectivity index (χ4n) is 1.48. The van der Waals surface area contributed by atoms with Gasteiger partial charge in [0.05, 0.1) is 40.5 Å². The van der Waals surface area contributed by atoms with Crippen LogP contribution in [-0.4, -0.2) is 57.6 Å². The Morgan fingerprint density at radius 3 is 2.42 bits per heavy atom. The first-order valence-corrected chi connectivity index (χ1v) is 4.51. The van der Waals surface area contributed by atoms with Gasteiger partial charge >= 0.3 is 0 Å². The van der Waals surface area contributed by atoms with E-state index in [1.54, 1.807) is 0 Å². The van der Waals surface area contributed by atoms with Crippen LogP contribution in [0, 0.1) is 0 Å². The van der Waals surface area contributed by atoms with E-state index in [2.05, 4.69) is 28.1 Å². The quantitative estimate of drug-likeness (QED) is 0.567. The van der Waals surface area contributed by atoms with Crippen molar-refractivity contribution in [1.82, 2.24) is 0 Å². The molecule has 1 saturated heterocycles. The van der Waals surface area contributed by atoms with E-state index in [1.165, 1.54) is 0 Å². The zero-order valence-electron chi connectivity index (χ0n) is 8.54. The van der Waals surface area contributed by atoms with Gasteiger partial charge in [-0.15, -0.1) is 0 Å². The van der Waals surface area contributed by atoms with Crippen molar-refractivity contribution in [1.29, 1.82) is 0 Å². The Labute approximate surface area is 74.8 Å². The SMILES string of the molecule is C[C@@H]1COC[C@H](C[N+](C)(C)C)O1. The molecule has 72 valence electrons. The average molecular weight is 174 g/mol. The first-order valence-electron chi connectivity index (χ1n) is 4.51. The second-order valence-electron chi connectivity index (χ2n) is 4.58. The molecule has 0 bridgehead atoms. The van der Waals surface area contributed by atoms with E-state index in [9.17, 15) is 0 Å². The van der Waals surface area contributed by atoms with Gasteiger partial charge in [0.25, 0.3) is 0 Å². The molecule has 0 N–H and O–H groups in total. The van der Waals surface area contributed by atoms with Crippen LogP contribution in [0.2, 0.25) is 0 Å². The predicted molar refractivity (Wildman–Crippen MR) is 48.1 cm³/mol. The minimum Gasteiger partial charge on any atom is -0.376 e. The van der Waals surface area contributed by atoms with Crippen LogP contribution in [0.25, 0.3) is 0 Å². The van der Waals surface area contributed by atoms with Crippen molar-refractivity contribution in [2.75, 3.05) is 40.9 Å². The van der Waals surface area contributed by atoms with E-state index < -0.39 is 0 Å². The molecule has 1 aliphatic heterocycles. The average Bonchev–Trinajstić information content (AvgIpc) is 1.82. The number of likely N-dealkylation sites (N-methyl/N-ethyl adjacent to an activating group) is 1. The standard InChI is InChI=1S/C9H20NO2/c1-8-6-11-7-9(12-8)5-10(2,3)4/h8-9H,5-7H2,1-4H3/q+1/t8-,9+/m1/s1. The van der Waals surface area contributed by atoms with E-state index >= 15 is 0 Å². The molecule has 1 aliphatic rings. The van der Waals surface area contributed by atoms with Gasteiger partial charge in [-0.05, 0) is 6.92 Å². The second kappa shape index (κ2) is 3.73. The summed E-state index contributed by atoms with van der Waals surface area (Å²) in [6.45, 7) is 4.57. The first-order chi connectivity index (χ1) is 5.47. The lowest BCUT2D eigenvalue weighted by Gasteiger charge is -2.33. The van der Waals surface area contributed by atoms with Gasteiger partial charge in [-0.2, -0.15) is 0 Å². The predicted octanol–water partition coefficient (Wildman–Crippen LogP) is 0.496. The highest BCUT2D eigenvalue weighted by Crippen LogP contribution is 2.09. The molecule has 0 unspecified atom stereocenters. The highest BCUT2D eigenvalue weighted by atomic mass is 16.6. The smallest absolute Gasteiger partial charge is 0.130 e. The summed E-state index contributed by atoms with van der Waals surface area (Å²) in [7, 11) is 6.51. The number of quaternary nitrogens is 1. The number of nitrogens with zero attached hydrogens (tertiary/aromatic N) is 1. The van der Waals surface area contributed by atoms with Gasteiger partial charge < -0.3 is 14.0 Å². The summed E-state index contributed by atoms with van der Waals surface area (Å²) >= 11 is 0. The van der Waals surface area contributed by atoms with Crippen molar-refractivity contribution >= 4 is 0 Å². The lowest BCUT2D eigenvalue weighted by molar-refractivity contribution is -0.874. The molecule has 1 fully saturated rings. The fourth-order valence-corrected chi connectivity index (χ4v) is 1.48. The van der Waals surface area contributed by atoms with Gasteiger partial charge in [0, 0.05) is 0 Å². The lowest BCUT2D eigenvalue weighted by atomic mass is 10.3. The van der Waals surface area contributed by atoms with Crippen molar-refractivity contribution in [3.8, 4) is 0 Å². The summed E-state index contributed by atoms with van der Waals surface area (Å²) in [4.78, 5) is 0. The highest BCUT2D eigenvalue weighted by molar-refractivity contribution is 4.64. The molecule has 0 aromatic rings. The van der Waals surface area contributed by atoms with Crippen molar-refractivity contribution < 1.29 is 14.0 Å².